The van der Waals surface area contributed by atoms with E-state index in [1.54, 1.807) is 30.3 Å². The number of aromatic amines is 1. The molecule has 4 aromatic rings. The van der Waals surface area contributed by atoms with E-state index in [0.29, 0.717) is 50.0 Å². The van der Waals surface area contributed by atoms with Gasteiger partial charge in [-0.15, -0.1) is 0 Å². The number of fused-ring (bicyclic) bond motifs is 2. The van der Waals surface area contributed by atoms with Crippen LogP contribution in [-0.2, 0) is 17.8 Å². The van der Waals surface area contributed by atoms with Gasteiger partial charge in [-0.05, 0) is 42.0 Å². The van der Waals surface area contributed by atoms with Gasteiger partial charge in [0.25, 0.3) is 0 Å². The molecule has 0 fully saturated rings. The number of anilines is 1. The van der Waals surface area contributed by atoms with Crippen LogP contribution in [0.25, 0.3) is 11.0 Å². The van der Waals surface area contributed by atoms with Crippen LogP contribution in [0, 0.1) is 0 Å². The molecule has 0 spiro atoms. The fraction of sp³-hybridized carbons (Fsp3) is 0.160. The first-order valence-electron chi connectivity index (χ1n) is 10.7. The standard InChI is InChI=1S/C25H20Cl2N4O3/c26-16-6-8-19-17(13-16)23(15-5-7-20-22(12-15)31(9-10-32)25(34)30-20)28-21(24(33)29-19)11-14-3-1-2-4-18(14)27/h1-8,12-13,21,32H,9-11H2,(H,29,33)(H,30,34). The molecule has 34 heavy (non-hydrogen) atoms. The Morgan fingerprint density at radius 2 is 1.85 bits per heavy atom. The summed E-state index contributed by atoms with van der Waals surface area (Å²) in [6, 6.07) is 17.3. The molecule has 0 radical (unpaired) electrons. The maximum atomic E-state index is 13.1. The minimum atomic E-state index is -0.734. The van der Waals surface area contributed by atoms with E-state index in [2.05, 4.69) is 10.3 Å². The van der Waals surface area contributed by atoms with Gasteiger partial charge in [0, 0.05) is 27.6 Å². The van der Waals surface area contributed by atoms with Crippen molar-refractivity contribution in [3.8, 4) is 0 Å². The molecule has 7 nitrogen and oxygen atoms in total. The molecule has 0 saturated heterocycles. The van der Waals surface area contributed by atoms with Crippen molar-refractivity contribution < 1.29 is 9.90 Å². The predicted molar refractivity (Wildman–Crippen MR) is 134 cm³/mol. The first kappa shape index (κ1) is 22.4. The van der Waals surface area contributed by atoms with Crippen LogP contribution in [0.15, 0.2) is 70.5 Å². The van der Waals surface area contributed by atoms with Gasteiger partial charge in [-0.2, -0.15) is 0 Å². The molecule has 0 bridgehead atoms. The molecule has 3 N–H and O–H groups in total. The lowest BCUT2D eigenvalue weighted by Gasteiger charge is -2.12. The van der Waals surface area contributed by atoms with Crippen LogP contribution in [0.2, 0.25) is 10.0 Å². The van der Waals surface area contributed by atoms with Crippen LogP contribution in [0.3, 0.4) is 0 Å². The number of aliphatic imine (C=N–C) groups is 1. The quantitative estimate of drug-likeness (QED) is 0.390. The van der Waals surface area contributed by atoms with Crippen LogP contribution in [0.5, 0.6) is 0 Å². The van der Waals surface area contributed by atoms with Gasteiger partial charge in [-0.1, -0.05) is 47.5 Å². The summed E-state index contributed by atoms with van der Waals surface area (Å²) in [5.41, 5.74) is 4.33. The number of amides is 1. The molecular weight excluding hydrogens is 475 g/mol. The number of nitrogens with zero attached hydrogens (tertiary/aromatic N) is 2. The van der Waals surface area contributed by atoms with Gasteiger partial charge in [0.2, 0.25) is 5.91 Å². The largest absolute Gasteiger partial charge is 0.395 e. The number of nitrogens with one attached hydrogen (secondary N) is 2. The number of benzene rings is 3. The molecule has 5 rings (SSSR count). The summed E-state index contributed by atoms with van der Waals surface area (Å²) in [4.78, 5) is 33.1. The van der Waals surface area contributed by atoms with Crippen molar-refractivity contribution >= 4 is 51.5 Å². The third-order valence-corrected chi connectivity index (χ3v) is 6.43. The summed E-state index contributed by atoms with van der Waals surface area (Å²) in [7, 11) is 0. The molecule has 1 aliphatic heterocycles. The Balaban J connectivity index is 1.69. The van der Waals surface area contributed by atoms with Gasteiger partial charge < -0.3 is 15.4 Å². The first-order chi connectivity index (χ1) is 16.4. The highest BCUT2D eigenvalue weighted by atomic mass is 35.5. The molecule has 172 valence electrons. The molecule has 2 heterocycles. The number of aliphatic hydroxyl groups excluding tert-OH is 1. The van der Waals surface area contributed by atoms with Crippen molar-refractivity contribution in [2.45, 2.75) is 19.0 Å². The Labute approximate surface area is 204 Å². The van der Waals surface area contributed by atoms with Crippen molar-refractivity contribution in [1.29, 1.82) is 0 Å². The Kier molecular flexibility index (Phi) is 6.00. The second kappa shape index (κ2) is 9.10. The van der Waals surface area contributed by atoms with E-state index >= 15 is 0 Å². The molecule has 1 aliphatic rings. The van der Waals surface area contributed by atoms with Crippen LogP contribution < -0.4 is 11.0 Å². The van der Waals surface area contributed by atoms with Gasteiger partial charge in [0.1, 0.15) is 6.04 Å². The molecular formula is C25H20Cl2N4O3. The number of halogens is 2. The van der Waals surface area contributed by atoms with Crippen molar-refractivity contribution in [2.75, 3.05) is 11.9 Å². The highest BCUT2D eigenvalue weighted by molar-refractivity contribution is 6.32. The minimum Gasteiger partial charge on any atom is -0.395 e. The molecule has 1 amide bonds. The van der Waals surface area contributed by atoms with E-state index in [9.17, 15) is 14.7 Å². The normalized spacial score (nSPS) is 15.6. The summed E-state index contributed by atoms with van der Waals surface area (Å²) in [5.74, 6) is -0.251. The van der Waals surface area contributed by atoms with Gasteiger partial charge in [0.15, 0.2) is 0 Å². The average molecular weight is 495 g/mol. The lowest BCUT2D eigenvalue weighted by molar-refractivity contribution is -0.117. The predicted octanol–water partition coefficient (Wildman–Crippen LogP) is 4.03. The van der Waals surface area contributed by atoms with Crippen LogP contribution in [-0.4, -0.2) is 38.9 Å². The van der Waals surface area contributed by atoms with Gasteiger partial charge in [0.05, 0.1) is 35.6 Å². The van der Waals surface area contributed by atoms with Crippen molar-refractivity contribution in [2.24, 2.45) is 4.99 Å². The molecule has 0 saturated carbocycles. The number of H-pyrrole nitrogens is 1. The summed E-state index contributed by atoms with van der Waals surface area (Å²) in [6.07, 6.45) is 0.318. The second-order valence-corrected chi connectivity index (χ2v) is 8.85. The zero-order valence-electron chi connectivity index (χ0n) is 17.9. The lowest BCUT2D eigenvalue weighted by atomic mass is 9.99. The Morgan fingerprint density at radius 1 is 1.03 bits per heavy atom. The van der Waals surface area contributed by atoms with Crippen LogP contribution in [0.4, 0.5) is 5.69 Å². The Morgan fingerprint density at radius 3 is 2.65 bits per heavy atom. The van der Waals surface area contributed by atoms with Gasteiger partial charge >= 0.3 is 5.69 Å². The number of rotatable bonds is 5. The fourth-order valence-corrected chi connectivity index (χ4v) is 4.57. The number of benzodiazepines with no additional fused rings is 1. The third kappa shape index (κ3) is 4.14. The van der Waals surface area contributed by atoms with Gasteiger partial charge in [-0.3, -0.25) is 14.4 Å². The fourth-order valence-electron chi connectivity index (χ4n) is 4.18. The van der Waals surface area contributed by atoms with Gasteiger partial charge in [-0.25, -0.2) is 4.79 Å². The van der Waals surface area contributed by atoms with E-state index in [-0.39, 0.29) is 24.7 Å². The van der Waals surface area contributed by atoms with E-state index in [1.807, 2.05) is 30.3 Å². The topological polar surface area (TPSA) is 99.5 Å². The monoisotopic (exact) mass is 494 g/mol. The van der Waals surface area contributed by atoms with Crippen LogP contribution in [0.1, 0.15) is 16.7 Å². The highest BCUT2D eigenvalue weighted by Crippen LogP contribution is 2.29. The summed E-state index contributed by atoms with van der Waals surface area (Å²) in [6.45, 7) is -0.0127. The second-order valence-electron chi connectivity index (χ2n) is 8.01. The molecule has 1 atom stereocenters. The number of aromatic nitrogens is 2. The Hall–Kier alpha value is -3.39. The van der Waals surface area contributed by atoms with Crippen LogP contribution >= 0.6 is 23.2 Å². The highest BCUT2D eigenvalue weighted by Gasteiger charge is 2.27. The number of aliphatic hydroxyl groups is 1. The third-order valence-electron chi connectivity index (χ3n) is 5.83. The molecule has 9 heteroatoms. The first-order valence-corrected chi connectivity index (χ1v) is 11.5. The zero-order chi connectivity index (χ0) is 23.8. The maximum Gasteiger partial charge on any atom is 0.326 e. The van der Waals surface area contributed by atoms with E-state index in [0.717, 1.165) is 5.56 Å². The maximum absolute atomic E-state index is 13.1. The molecule has 1 aromatic heterocycles. The zero-order valence-corrected chi connectivity index (χ0v) is 19.4. The minimum absolute atomic E-state index is 0.159. The number of carbonyl (C=O) groups excluding carboxylic acids is 1. The van der Waals surface area contributed by atoms with Crippen molar-refractivity contribution in [3.05, 3.63) is 97.9 Å². The van der Waals surface area contributed by atoms with E-state index < -0.39 is 6.04 Å². The number of carbonyl (C=O) groups is 1. The number of hydrogen-bond donors (Lipinski definition) is 3. The lowest BCUT2D eigenvalue weighted by Crippen LogP contribution is -2.27. The molecule has 0 aliphatic carbocycles. The summed E-state index contributed by atoms with van der Waals surface area (Å²) < 4.78 is 1.47. The average Bonchev–Trinajstić information content (AvgIpc) is 3.06. The van der Waals surface area contributed by atoms with E-state index in [1.165, 1.54) is 4.57 Å². The number of hydrogen-bond acceptors (Lipinski definition) is 4. The van der Waals surface area contributed by atoms with Crippen molar-refractivity contribution in [1.82, 2.24) is 9.55 Å². The van der Waals surface area contributed by atoms with Crippen molar-refractivity contribution in [3.63, 3.8) is 0 Å². The number of imidazole rings is 1. The molecule has 1 unspecified atom stereocenters. The Bertz CT molecular complexity index is 1510. The summed E-state index contributed by atoms with van der Waals surface area (Å²) >= 11 is 12.7. The molecule has 3 aromatic carbocycles. The smallest absolute Gasteiger partial charge is 0.326 e. The van der Waals surface area contributed by atoms with E-state index in [4.69, 9.17) is 28.2 Å². The SMILES string of the molecule is O=C1Nc2ccc(Cl)cc2C(c2ccc3[nH]c(=O)n(CCO)c3c2)=NC1Cc1ccccc1Cl. The summed E-state index contributed by atoms with van der Waals surface area (Å²) in [5, 5.41) is 13.4.